The molecule has 0 radical (unpaired) electrons. The van der Waals surface area contributed by atoms with Crippen molar-refractivity contribution in [3.05, 3.63) is 108 Å². The Hall–Kier alpha value is -3.66. The molecule has 3 aromatic rings. The molecule has 4 rings (SSSR count). The number of nitrogens with zero attached hydrogens (tertiary/aromatic N) is 2. The number of aromatic nitrogens is 1. The second-order valence-corrected chi connectivity index (χ2v) is 6.92. The van der Waals surface area contributed by atoms with Crippen molar-refractivity contribution < 1.29 is 9.53 Å². The van der Waals surface area contributed by atoms with Gasteiger partial charge >= 0.3 is 0 Å². The highest BCUT2D eigenvalue weighted by Crippen LogP contribution is 2.32. The summed E-state index contributed by atoms with van der Waals surface area (Å²) in [6.45, 7) is 2.97. The number of rotatable bonds is 6. The first kappa shape index (κ1) is 18.7. The van der Waals surface area contributed by atoms with Crippen molar-refractivity contribution in [3.63, 3.8) is 0 Å². The number of hydrogen-bond donors (Lipinski definition) is 0. The van der Waals surface area contributed by atoms with Crippen LogP contribution in [0, 0.1) is 6.92 Å². The lowest BCUT2D eigenvalue weighted by atomic mass is 9.98. The van der Waals surface area contributed by atoms with Gasteiger partial charge in [-0.15, -0.1) is 0 Å². The highest BCUT2D eigenvalue weighted by Gasteiger charge is 2.18. The van der Waals surface area contributed by atoms with Gasteiger partial charge in [-0.05, 0) is 41.8 Å². The van der Waals surface area contributed by atoms with E-state index in [1.54, 1.807) is 12.4 Å². The van der Waals surface area contributed by atoms with Crippen LogP contribution in [0.5, 0.6) is 0 Å². The molecule has 0 saturated carbocycles. The molecule has 0 amide bonds. The predicted molar refractivity (Wildman–Crippen MR) is 115 cm³/mol. The molecule has 0 fully saturated rings. The fourth-order valence-electron chi connectivity index (χ4n) is 3.49. The fraction of sp³-hybridized carbons (Fsp3) is 0.120. The average Bonchev–Trinajstić information content (AvgIpc) is 2.79. The molecule has 1 aliphatic rings. The minimum Gasteiger partial charge on any atom is -0.488 e. The van der Waals surface area contributed by atoms with E-state index in [2.05, 4.69) is 47.1 Å². The van der Waals surface area contributed by atoms with Gasteiger partial charge in [0.15, 0.2) is 6.29 Å². The van der Waals surface area contributed by atoms with Crippen LogP contribution in [-0.4, -0.2) is 17.8 Å². The van der Waals surface area contributed by atoms with Crippen molar-refractivity contribution in [3.8, 4) is 11.1 Å². The Balaban J connectivity index is 1.56. The smallest absolute Gasteiger partial charge is 0.151 e. The van der Waals surface area contributed by atoms with Gasteiger partial charge in [0, 0.05) is 29.8 Å². The van der Waals surface area contributed by atoms with Gasteiger partial charge < -0.3 is 9.64 Å². The molecule has 29 heavy (non-hydrogen) atoms. The lowest BCUT2D eigenvalue weighted by Crippen LogP contribution is -2.25. The van der Waals surface area contributed by atoms with E-state index >= 15 is 0 Å². The zero-order chi connectivity index (χ0) is 20.1. The van der Waals surface area contributed by atoms with Gasteiger partial charge in [-0.25, -0.2) is 0 Å². The topological polar surface area (TPSA) is 42.4 Å². The van der Waals surface area contributed by atoms with Crippen LogP contribution in [0.4, 0.5) is 5.69 Å². The van der Waals surface area contributed by atoms with E-state index in [1.165, 1.54) is 16.7 Å². The molecule has 0 saturated heterocycles. The third-order valence-electron chi connectivity index (χ3n) is 5.02. The number of hydrogen-bond acceptors (Lipinski definition) is 4. The van der Waals surface area contributed by atoms with Crippen molar-refractivity contribution in [2.45, 2.75) is 13.5 Å². The summed E-state index contributed by atoms with van der Waals surface area (Å²) in [5.41, 5.74) is 6.21. The SMILES string of the molecule is Cc1c(-c2ccccc2)cccc1N1C=CC(OCc2cccnc2)=C(C=O)C1. The number of pyridine rings is 1. The molecule has 1 aliphatic heterocycles. The number of allylic oxidation sites excluding steroid dienone is 1. The molecule has 0 aliphatic carbocycles. The fourth-order valence-corrected chi connectivity index (χ4v) is 3.49. The average molecular weight is 382 g/mol. The second-order valence-electron chi connectivity index (χ2n) is 6.92. The van der Waals surface area contributed by atoms with Crippen molar-refractivity contribution in [2.75, 3.05) is 11.4 Å². The minimum absolute atomic E-state index is 0.382. The Morgan fingerprint density at radius 3 is 2.69 bits per heavy atom. The summed E-state index contributed by atoms with van der Waals surface area (Å²) >= 11 is 0. The molecule has 144 valence electrons. The Morgan fingerprint density at radius 2 is 1.93 bits per heavy atom. The Morgan fingerprint density at radius 1 is 1.07 bits per heavy atom. The number of aldehydes is 1. The van der Waals surface area contributed by atoms with Gasteiger partial charge in [-0.2, -0.15) is 0 Å². The summed E-state index contributed by atoms with van der Waals surface area (Å²) in [5.74, 6) is 0.608. The van der Waals surface area contributed by atoms with Crippen LogP contribution in [0.25, 0.3) is 11.1 Å². The monoisotopic (exact) mass is 382 g/mol. The number of anilines is 1. The summed E-state index contributed by atoms with van der Waals surface area (Å²) < 4.78 is 5.87. The van der Waals surface area contributed by atoms with E-state index in [1.807, 2.05) is 42.6 Å². The van der Waals surface area contributed by atoms with E-state index in [4.69, 9.17) is 4.74 Å². The van der Waals surface area contributed by atoms with Crippen molar-refractivity contribution in [1.82, 2.24) is 4.98 Å². The van der Waals surface area contributed by atoms with Crippen LogP contribution in [0.15, 0.2) is 96.7 Å². The molecule has 0 unspecified atom stereocenters. The normalized spacial score (nSPS) is 13.5. The molecule has 2 aromatic carbocycles. The van der Waals surface area contributed by atoms with Gasteiger partial charge in [0.05, 0.1) is 12.1 Å². The molecule has 4 heteroatoms. The largest absolute Gasteiger partial charge is 0.488 e. The molecule has 0 spiro atoms. The predicted octanol–water partition coefficient (Wildman–Crippen LogP) is 5.06. The van der Waals surface area contributed by atoms with Crippen LogP contribution in [0.1, 0.15) is 11.1 Å². The van der Waals surface area contributed by atoms with Gasteiger partial charge in [0.2, 0.25) is 0 Å². The maximum absolute atomic E-state index is 11.7. The molecular weight excluding hydrogens is 360 g/mol. The van der Waals surface area contributed by atoms with Crippen LogP contribution in [0.2, 0.25) is 0 Å². The second kappa shape index (κ2) is 8.57. The number of benzene rings is 2. The zero-order valence-electron chi connectivity index (χ0n) is 16.3. The quantitative estimate of drug-likeness (QED) is 0.559. The van der Waals surface area contributed by atoms with Crippen molar-refractivity contribution in [1.29, 1.82) is 0 Å². The van der Waals surface area contributed by atoms with Gasteiger partial charge in [-0.3, -0.25) is 9.78 Å². The third-order valence-corrected chi connectivity index (χ3v) is 5.02. The van der Waals surface area contributed by atoms with E-state index in [0.717, 1.165) is 17.5 Å². The van der Waals surface area contributed by atoms with Gasteiger partial charge in [-0.1, -0.05) is 48.5 Å². The molecule has 0 N–H and O–H groups in total. The lowest BCUT2D eigenvalue weighted by Gasteiger charge is -2.27. The van der Waals surface area contributed by atoms with Gasteiger partial charge in [0.25, 0.3) is 0 Å². The maximum Gasteiger partial charge on any atom is 0.151 e. The lowest BCUT2D eigenvalue weighted by molar-refractivity contribution is -0.105. The number of ether oxygens (including phenoxy) is 1. The summed E-state index contributed by atoms with van der Waals surface area (Å²) in [4.78, 5) is 17.9. The molecule has 0 bridgehead atoms. The first-order valence-corrected chi connectivity index (χ1v) is 9.56. The molecule has 1 aromatic heterocycles. The van der Waals surface area contributed by atoms with Crippen LogP contribution in [0.3, 0.4) is 0 Å². The Bertz CT molecular complexity index is 1060. The Kier molecular flexibility index (Phi) is 5.52. The maximum atomic E-state index is 11.7. The Labute approximate surface area is 170 Å². The summed E-state index contributed by atoms with van der Waals surface area (Å²) in [7, 11) is 0. The van der Waals surface area contributed by atoms with Crippen LogP contribution >= 0.6 is 0 Å². The van der Waals surface area contributed by atoms with E-state index in [-0.39, 0.29) is 0 Å². The minimum atomic E-state index is 0.382. The molecule has 2 heterocycles. The van der Waals surface area contributed by atoms with Crippen LogP contribution < -0.4 is 4.90 Å². The van der Waals surface area contributed by atoms with E-state index in [0.29, 0.717) is 24.5 Å². The highest BCUT2D eigenvalue weighted by molar-refractivity contribution is 5.80. The molecular formula is C25H22N2O2. The summed E-state index contributed by atoms with van der Waals surface area (Å²) in [5, 5.41) is 0. The summed E-state index contributed by atoms with van der Waals surface area (Å²) in [6.07, 6.45) is 8.20. The molecule has 4 nitrogen and oxygen atoms in total. The number of carbonyl (C=O) groups is 1. The van der Waals surface area contributed by atoms with Gasteiger partial charge in [0.1, 0.15) is 12.4 Å². The van der Waals surface area contributed by atoms with E-state index in [9.17, 15) is 4.79 Å². The standard InChI is InChI=1S/C25H22N2O2/c1-19-23(21-8-3-2-4-9-21)10-5-11-24(19)27-14-12-25(22(16-27)17-28)29-18-20-7-6-13-26-15-20/h2-15,17H,16,18H2,1H3. The van der Waals surface area contributed by atoms with Crippen molar-refractivity contribution in [2.24, 2.45) is 0 Å². The van der Waals surface area contributed by atoms with Crippen LogP contribution in [-0.2, 0) is 16.1 Å². The zero-order valence-corrected chi connectivity index (χ0v) is 16.3. The highest BCUT2D eigenvalue weighted by atomic mass is 16.5. The van der Waals surface area contributed by atoms with Crippen molar-refractivity contribution >= 4 is 12.0 Å². The first-order valence-electron chi connectivity index (χ1n) is 9.56. The summed E-state index contributed by atoms with van der Waals surface area (Å²) in [6, 6.07) is 20.4. The first-order chi connectivity index (χ1) is 14.3. The van der Waals surface area contributed by atoms with E-state index < -0.39 is 0 Å². The molecule has 0 atom stereocenters. The third kappa shape index (κ3) is 4.11. The number of carbonyl (C=O) groups excluding carboxylic acids is 1.